The molecular weight excluding hydrogens is 258 g/mol. The van der Waals surface area contributed by atoms with Gasteiger partial charge in [-0.05, 0) is 35.0 Å². The first kappa shape index (κ1) is 10.2. The van der Waals surface area contributed by atoms with E-state index in [0.29, 0.717) is 11.9 Å². The molecule has 0 unspecified atom stereocenters. The summed E-state index contributed by atoms with van der Waals surface area (Å²) in [6.45, 7) is 2.48. The van der Waals surface area contributed by atoms with Crippen molar-refractivity contribution in [3.05, 3.63) is 39.1 Å². The van der Waals surface area contributed by atoms with Gasteiger partial charge in [0.25, 0.3) is 5.56 Å². The lowest BCUT2D eigenvalue weighted by Crippen LogP contribution is -2.20. The molecule has 0 amide bonds. The zero-order chi connectivity index (χ0) is 11.0. The minimum Gasteiger partial charge on any atom is -0.506 e. The Balaban J connectivity index is 3.05. The topological polar surface area (TPSA) is 42.2 Å². The summed E-state index contributed by atoms with van der Waals surface area (Å²) in [4.78, 5) is 11.8. The Hall–Kier alpha value is -1.29. The number of nitrogens with zero attached hydrogens (tertiary/aromatic N) is 1. The van der Waals surface area contributed by atoms with E-state index in [1.54, 1.807) is 10.6 Å². The van der Waals surface area contributed by atoms with Crippen LogP contribution in [0.25, 0.3) is 10.9 Å². The second-order valence-corrected chi connectivity index (χ2v) is 4.02. The summed E-state index contributed by atoms with van der Waals surface area (Å²) in [7, 11) is 0. The van der Waals surface area contributed by atoms with E-state index in [4.69, 9.17) is 0 Å². The van der Waals surface area contributed by atoms with Gasteiger partial charge in [0, 0.05) is 11.9 Å². The Kier molecular flexibility index (Phi) is 2.52. The molecule has 0 saturated heterocycles. The zero-order valence-corrected chi connectivity index (χ0v) is 9.78. The fourth-order valence-electron chi connectivity index (χ4n) is 1.67. The second-order valence-electron chi connectivity index (χ2n) is 3.23. The number of rotatable bonds is 1. The van der Waals surface area contributed by atoms with E-state index in [2.05, 4.69) is 15.9 Å². The maximum atomic E-state index is 11.8. The van der Waals surface area contributed by atoms with Gasteiger partial charge in [-0.2, -0.15) is 0 Å². The SMILES string of the molecule is CCn1c(=O)c(Br)c(O)c2ccccc21. The zero-order valence-electron chi connectivity index (χ0n) is 8.20. The lowest BCUT2D eigenvalue weighted by Gasteiger charge is -2.10. The summed E-state index contributed by atoms with van der Waals surface area (Å²) >= 11 is 3.11. The van der Waals surface area contributed by atoms with Crippen molar-refractivity contribution in [3.8, 4) is 5.75 Å². The molecule has 1 aromatic heterocycles. The van der Waals surface area contributed by atoms with Crippen LogP contribution in [0.5, 0.6) is 5.75 Å². The molecule has 1 N–H and O–H groups in total. The minimum absolute atomic E-state index is 0.0142. The van der Waals surface area contributed by atoms with Crippen LogP contribution in [0.2, 0.25) is 0 Å². The van der Waals surface area contributed by atoms with Crippen molar-refractivity contribution in [2.24, 2.45) is 0 Å². The highest BCUT2D eigenvalue weighted by atomic mass is 79.9. The first-order valence-corrected chi connectivity index (χ1v) is 5.46. The molecular formula is C11H10BrNO2. The summed E-state index contributed by atoms with van der Waals surface area (Å²) in [6.07, 6.45) is 0. The Bertz CT molecular complexity index is 575. The second kappa shape index (κ2) is 3.70. The Labute approximate surface area is 95.1 Å². The van der Waals surface area contributed by atoms with Crippen LogP contribution in [0.3, 0.4) is 0 Å². The molecule has 4 heteroatoms. The van der Waals surface area contributed by atoms with Gasteiger partial charge in [-0.1, -0.05) is 12.1 Å². The van der Waals surface area contributed by atoms with Crippen molar-refractivity contribution in [2.45, 2.75) is 13.5 Å². The van der Waals surface area contributed by atoms with E-state index in [-0.39, 0.29) is 15.8 Å². The highest BCUT2D eigenvalue weighted by Crippen LogP contribution is 2.29. The van der Waals surface area contributed by atoms with Crippen molar-refractivity contribution >= 4 is 26.8 Å². The Morgan fingerprint density at radius 1 is 1.40 bits per heavy atom. The van der Waals surface area contributed by atoms with Gasteiger partial charge in [0.05, 0.1) is 5.52 Å². The molecule has 0 aliphatic heterocycles. The summed E-state index contributed by atoms with van der Waals surface area (Å²) in [6, 6.07) is 7.30. The number of halogens is 1. The van der Waals surface area contributed by atoms with Crippen LogP contribution in [-0.4, -0.2) is 9.67 Å². The van der Waals surface area contributed by atoms with E-state index in [0.717, 1.165) is 5.52 Å². The van der Waals surface area contributed by atoms with Gasteiger partial charge in [-0.15, -0.1) is 0 Å². The fraction of sp³-hybridized carbons (Fsp3) is 0.182. The Morgan fingerprint density at radius 2 is 2.07 bits per heavy atom. The van der Waals surface area contributed by atoms with Gasteiger partial charge in [-0.25, -0.2) is 0 Å². The van der Waals surface area contributed by atoms with Crippen LogP contribution < -0.4 is 5.56 Å². The summed E-state index contributed by atoms with van der Waals surface area (Å²) in [5.41, 5.74) is 0.555. The first-order valence-electron chi connectivity index (χ1n) is 4.66. The van der Waals surface area contributed by atoms with E-state index in [9.17, 15) is 9.90 Å². The lowest BCUT2D eigenvalue weighted by molar-refractivity contribution is 0.475. The number of benzene rings is 1. The number of aromatic nitrogens is 1. The largest absolute Gasteiger partial charge is 0.506 e. The van der Waals surface area contributed by atoms with Gasteiger partial charge in [-0.3, -0.25) is 4.79 Å². The predicted octanol–water partition coefficient (Wildman–Crippen LogP) is 2.49. The van der Waals surface area contributed by atoms with Crippen molar-refractivity contribution < 1.29 is 5.11 Å². The molecule has 1 aromatic carbocycles. The number of aryl methyl sites for hydroxylation is 1. The van der Waals surface area contributed by atoms with Crippen molar-refractivity contribution in [3.63, 3.8) is 0 Å². The summed E-state index contributed by atoms with van der Waals surface area (Å²) < 4.78 is 1.85. The van der Waals surface area contributed by atoms with E-state index >= 15 is 0 Å². The maximum Gasteiger partial charge on any atom is 0.269 e. The highest BCUT2D eigenvalue weighted by molar-refractivity contribution is 9.10. The monoisotopic (exact) mass is 267 g/mol. The summed E-state index contributed by atoms with van der Waals surface area (Å²) in [5, 5.41) is 10.5. The number of hydrogen-bond donors (Lipinski definition) is 1. The predicted molar refractivity (Wildman–Crippen MR) is 63.2 cm³/mol. The van der Waals surface area contributed by atoms with Crippen LogP contribution in [0.1, 0.15) is 6.92 Å². The average molecular weight is 268 g/mol. The third-order valence-electron chi connectivity index (χ3n) is 2.41. The molecule has 0 spiro atoms. The van der Waals surface area contributed by atoms with E-state index in [1.807, 2.05) is 25.1 Å². The van der Waals surface area contributed by atoms with Gasteiger partial charge < -0.3 is 9.67 Å². The standard InChI is InChI=1S/C11H10BrNO2/c1-2-13-8-6-4-3-5-7(8)10(14)9(12)11(13)15/h3-6,14H,2H2,1H3. The highest BCUT2D eigenvalue weighted by Gasteiger charge is 2.12. The molecule has 78 valence electrons. The van der Waals surface area contributed by atoms with E-state index < -0.39 is 0 Å². The molecule has 15 heavy (non-hydrogen) atoms. The average Bonchev–Trinajstić information content (AvgIpc) is 2.27. The number of fused-ring (bicyclic) bond motifs is 1. The molecule has 0 saturated carbocycles. The quantitative estimate of drug-likeness (QED) is 0.863. The lowest BCUT2D eigenvalue weighted by atomic mass is 10.2. The van der Waals surface area contributed by atoms with Gasteiger partial charge in [0.15, 0.2) is 0 Å². The first-order chi connectivity index (χ1) is 7.16. The number of pyridine rings is 1. The molecule has 0 aliphatic carbocycles. The van der Waals surface area contributed by atoms with Crippen LogP contribution in [0, 0.1) is 0 Å². The normalized spacial score (nSPS) is 10.8. The number of aromatic hydroxyl groups is 1. The fourth-order valence-corrected chi connectivity index (χ4v) is 2.10. The van der Waals surface area contributed by atoms with Gasteiger partial charge in [0.2, 0.25) is 0 Å². The van der Waals surface area contributed by atoms with Crippen molar-refractivity contribution in [2.75, 3.05) is 0 Å². The van der Waals surface area contributed by atoms with Crippen LogP contribution in [0.4, 0.5) is 0 Å². The van der Waals surface area contributed by atoms with Crippen molar-refractivity contribution in [1.29, 1.82) is 0 Å². The smallest absolute Gasteiger partial charge is 0.269 e. The molecule has 0 atom stereocenters. The van der Waals surface area contributed by atoms with Gasteiger partial charge >= 0.3 is 0 Å². The number of hydrogen-bond acceptors (Lipinski definition) is 2. The van der Waals surface area contributed by atoms with Crippen LogP contribution in [0.15, 0.2) is 33.5 Å². The molecule has 1 heterocycles. The van der Waals surface area contributed by atoms with Crippen molar-refractivity contribution in [1.82, 2.24) is 4.57 Å². The number of para-hydroxylation sites is 1. The van der Waals surface area contributed by atoms with E-state index in [1.165, 1.54) is 0 Å². The minimum atomic E-state index is -0.200. The van der Waals surface area contributed by atoms with Crippen LogP contribution in [-0.2, 0) is 6.54 Å². The molecule has 2 aromatic rings. The van der Waals surface area contributed by atoms with Crippen LogP contribution >= 0.6 is 15.9 Å². The van der Waals surface area contributed by atoms with Gasteiger partial charge in [0.1, 0.15) is 10.2 Å². The molecule has 0 fully saturated rings. The summed E-state index contributed by atoms with van der Waals surface area (Å²) in [5.74, 6) is 0.0142. The maximum absolute atomic E-state index is 11.8. The molecule has 2 rings (SSSR count). The Morgan fingerprint density at radius 3 is 2.73 bits per heavy atom. The molecule has 0 radical (unpaired) electrons. The third kappa shape index (κ3) is 1.45. The third-order valence-corrected chi connectivity index (χ3v) is 3.12. The molecule has 0 aliphatic rings. The molecule has 3 nitrogen and oxygen atoms in total. The molecule has 0 bridgehead atoms.